The van der Waals surface area contributed by atoms with Crippen molar-refractivity contribution in [1.29, 1.82) is 0 Å². The van der Waals surface area contributed by atoms with Crippen molar-refractivity contribution in [2.75, 3.05) is 6.54 Å². The molecule has 1 aromatic carbocycles. The Kier molecular flexibility index (Phi) is 2.90. The van der Waals surface area contributed by atoms with Crippen LogP contribution in [0.2, 0.25) is 0 Å². The van der Waals surface area contributed by atoms with Crippen molar-refractivity contribution in [3.05, 3.63) is 35.9 Å². The third-order valence-corrected chi connectivity index (χ3v) is 2.69. The molecule has 0 spiro atoms. The Labute approximate surface area is 94.2 Å². The number of carbonyl (C=O) groups excluding carboxylic acids is 2. The van der Waals surface area contributed by atoms with Crippen LogP contribution in [0, 0.1) is 0 Å². The van der Waals surface area contributed by atoms with Crippen LogP contribution in [0.4, 0.5) is 0 Å². The van der Waals surface area contributed by atoms with Gasteiger partial charge in [-0.2, -0.15) is 0 Å². The van der Waals surface area contributed by atoms with Gasteiger partial charge in [0.1, 0.15) is 0 Å². The molecule has 2 rings (SSSR count). The molecule has 4 nitrogen and oxygen atoms in total. The molecule has 0 bridgehead atoms. The predicted octanol–water partition coefficient (Wildman–Crippen LogP) is 1.05. The highest BCUT2D eigenvalue weighted by atomic mass is 16.2. The van der Waals surface area contributed by atoms with Crippen LogP contribution in [0.3, 0.4) is 0 Å². The van der Waals surface area contributed by atoms with Gasteiger partial charge in [0.15, 0.2) is 0 Å². The van der Waals surface area contributed by atoms with E-state index < -0.39 is 0 Å². The first-order valence-corrected chi connectivity index (χ1v) is 5.29. The predicted molar refractivity (Wildman–Crippen MR) is 59.3 cm³/mol. The summed E-state index contributed by atoms with van der Waals surface area (Å²) in [6.45, 7) is 1.96. The maximum atomic E-state index is 11.6. The number of amides is 2. The molecule has 1 heterocycles. The van der Waals surface area contributed by atoms with E-state index in [4.69, 9.17) is 0 Å². The first-order chi connectivity index (χ1) is 7.66. The normalized spacial score (nSPS) is 19.9. The summed E-state index contributed by atoms with van der Waals surface area (Å²) in [5, 5.41) is 1.40. The highest BCUT2D eigenvalue weighted by Crippen LogP contribution is 2.26. The van der Waals surface area contributed by atoms with Gasteiger partial charge < -0.3 is 0 Å². The smallest absolute Gasteiger partial charge is 0.241 e. The lowest BCUT2D eigenvalue weighted by atomic mass is 9.99. The number of carbonyl (C=O) groups is 2. The van der Waals surface area contributed by atoms with Crippen molar-refractivity contribution in [2.45, 2.75) is 19.3 Å². The fourth-order valence-corrected chi connectivity index (χ4v) is 1.95. The highest BCUT2D eigenvalue weighted by molar-refractivity contribution is 5.83. The molecule has 0 radical (unpaired) electrons. The van der Waals surface area contributed by atoms with Gasteiger partial charge in [-0.15, -0.1) is 0 Å². The van der Waals surface area contributed by atoms with E-state index in [0.717, 1.165) is 5.56 Å². The zero-order chi connectivity index (χ0) is 11.5. The fourth-order valence-electron chi connectivity index (χ4n) is 1.95. The minimum atomic E-state index is -0.206. The summed E-state index contributed by atoms with van der Waals surface area (Å²) in [7, 11) is 0. The molecule has 4 heteroatoms. The number of nitrogens with zero attached hydrogens (tertiary/aromatic N) is 1. The monoisotopic (exact) mass is 218 g/mol. The maximum Gasteiger partial charge on any atom is 0.241 e. The molecule has 1 atom stereocenters. The number of nitrogens with one attached hydrogen (secondary N) is 1. The Morgan fingerprint density at radius 2 is 2.06 bits per heavy atom. The van der Waals surface area contributed by atoms with Crippen molar-refractivity contribution in [3.63, 3.8) is 0 Å². The minimum absolute atomic E-state index is 0.0240. The molecule has 0 saturated carbocycles. The van der Waals surface area contributed by atoms with Crippen molar-refractivity contribution in [2.24, 2.45) is 0 Å². The molecule has 1 N–H and O–H groups in total. The average Bonchev–Trinajstić information content (AvgIpc) is 2.61. The quantitative estimate of drug-likeness (QED) is 0.806. The topological polar surface area (TPSA) is 49.4 Å². The van der Waals surface area contributed by atoms with Gasteiger partial charge in [-0.05, 0) is 5.56 Å². The third-order valence-electron chi connectivity index (χ3n) is 2.69. The lowest BCUT2D eigenvalue weighted by Gasteiger charge is -2.16. The number of benzene rings is 1. The van der Waals surface area contributed by atoms with Gasteiger partial charge in [-0.25, -0.2) is 0 Å². The third kappa shape index (κ3) is 2.21. The molecule has 1 aliphatic rings. The lowest BCUT2D eigenvalue weighted by molar-refractivity contribution is -0.137. The van der Waals surface area contributed by atoms with E-state index in [1.807, 2.05) is 30.3 Å². The standard InChI is InChI=1S/C12H14N2O2/c1-9(15)13-14-8-11(7-12(14)16)10-5-3-2-4-6-10/h2-6,11H,7-8H2,1H3,(H,13,15)/t11-/m0/s1. The second kappa shape index (κ2) is 4.35. The van der Waals surface area contributed by atoms with E-state index in [1.165, 1.54) is 11.9 Å². The zero-order valence-electron chi connectivity index (χ0n) is 9.14. The van der Waals surface area contributed by atoms with Crippen molar-refractivity contribution < 1.29 is 9.59 Å². The molecule has 2 amide bonds. The second-order valence-corrected chi connectivity index (χ2v) is 3.98. The summed E-state index contributed by atoms with van der Waals surface area (Å²) in [4.78, 5) is 22.5. The molecule has 16 heavy (non-hydrogen) atoms. The summed E-state index contributed by atoms with van der Waals surface area (Å²) < 4.78 is 0. The lowest BCUT2D eigenvalue weighted by Crippen LogP contribution is -2.41. The summed E-state index contributed by atoms with van der Waals surface area (Å²) in [6.07, 6.45) is 0.463. The van der Waals surface area contributed by atoms with Crippen molar-refractivity contribution >= 4 is 11.8 Å². The highest BCUT2D eigenvalue weighted by Gasteiger charge is 2.30. The molecule has 1 saturated heterocycles. The Morgan fingerprint density at radius 1 is 1.38 bits per heavy atom. The van der Waals surface area contributed by atoms with E-state index in [9.17, 15) is 9.59 Å². The SMILES string of the molecule is CC(=O)NN1C[C@@H](c2ccccc2)CC1=O. The Balaban J connectivity index is 2.07. The van der Waals surface area contributed by atoms with E-state index in [0.29, 0.717) is 13.0 Å². The summed E-state index contributed by atoms with van der Waals surface area (Å²) >= 11 is 0. The van der Waals surface area contributed by atoms with Gasteiger partial charge in [0.2, 0.25) is 11.8 Å². The van der Waals surface area contributed by atoms with Crippen LogP contribution in [-0.4, -0.2) is 23.4 Å². The number of hydrogen-bond acceptors (Lipinski definition) is 2. The molecule has 1 aromatic rings. The largest absolute Gasteiger partial charge is 0.274 e. The summed E-state index contributed by atoms with van der Waals surface area (Å²) in [5.41, 5.74) is 3.68. The van der Waals surface area contributed by atoms with Gasteiger partial charge >= 0.3 is 0 Å². The first kappa shape index (κ1) is 10.7. The van der Waals surface area contributed by atoms with Crippen LogP contribution in [0.1, 0.15) is 24.8 Å². The van der Waals surface area contributed by atoms with Gasteiger partial charge in [-0.3, -0.25) is 20.0 Å². The number of rotatable bonds is 2. The Morgan fingerprint density at radius 3 is 2.69 bits per heavy atom. The van der Waals surface area contributed by atoms with Crippen LogP contribution in [0.5, 0.6) is 0 Å². The Hall–Kier alpha value is -1.84. The van der Waals surface area contributed by atoms with E-state index in [1.54, 1.807) is 0 Å². The van der Waals surface area contributed by atoms with E-state index >= 15 is 0 Å². The molecule has 0 unspecified atom stereocenters. The van der Waals surface area contributed by atoms with Gasteiger partial charge in [0, 0.05) is 25.8 Å². The molecule has 0 aliphatic carbocycles. The zero-order valence-corrected chi connectivity index (χ0v) is 9.14. The van der Waals surface area contributed by atoms with Gasteiger partial charge in [-0.1, -0.05) is 30.3 Å². The van der Waals surface area contributed by atoms with Crippen LogP contribution >= 0.6 is 0 Å². The van der Waals surface area contributed by atoms with Crippen LogP contribution in [0.25, 0.3) is 0 Å². The van der Waals surface area contributed by atoms with Crippen molar-refractivity contribution in [3.8, 4) is 0 Å². The second-order valence-electron chi connectivity index (χ2n) is 3.98. The molecular weight excluding hydrogens is 204 g/mol. The molecular formula is C12H14N2O2. The molecule has 1 fully saturated rings. The van der Waals surface area contributed by atoms with Gasteiger partial charge in [0.05, 0.1) is 0 Å². The Bertz CT molecular complexity index is 403. The first-order valence-electron chi connectivity index (χ1n) is 5.29. The number of hydrogen-bond donors (Lipinski definition) is 1. The van der Waals surface area contributed by atoms with E-state index in [-0.39, 0.29) is 17.7 Å². The maximum absolute atomic E-state index is 11.6. The minimum Gasteiger partial charge on any atom is -0.274 e. The van der Waals surface area contributed by atoms with Gasteiger partial charge in [0.25, 0.3) is 0 Å². The van der Waals surface area contributed by atoms with Crippen LogP contribution in [0.15, 0.2) is 30.3 Å². The van der Waals surface area contributed by atoms with Crippen LogP contribution in [-0.2, 0) is 9.59 Å². The number of hydrazine groups is 1. The van der Waals surface area contributed by atoms with E-state index in [2.05, 4.69) is 5.43 Å². The molecule has 1 aliphatic heterocycles. The van der Waals surface area contributed by atoms with Crippen LogP contribution < -0.4 is 5.43 Å². The summed E-state index contributed by atoms with van der Waals surface area (Å²) in [5.74, 6) is -0.0494. The fraction of sp³-hybridized carbons (Fsp3) is 0.333. The molecule has 0 aromatic heterocycles. The average molecular weight is 218 g/mol. The summed E-state index contributed by atoms with van der Waals surface area (Å²) in [6, 6.07) is 9.89. The van der Waals surface area contributed by atoms with Crippen molar-refractivity contribution in [1.82, 2.24) is 10.4 Å². The molecule has 84 valence electrons.